The van der Waals surface area contributed by atoms with Crippen LogP contribution in [0.3, 0.4) is 0 Å². The summed E-state index contributed by atoms with van der Waals surface area (Å²) in [5.74, 6) is -0.507. The second kappa shape index (κ2) is 5.86. The zero-order valence-electron chi connectivity index (χ0n) is 11.0. The van der Waals surface area contributed by atoms with Crippen LogP contribution in [0.1, 0.15) is 18.6 Å². The van der Waals surface area contributed by atoms with Gasteiger partial charge < -0.3 is 4.74 Å². The van der Waals surface area contributed by atoms with Crippen molar-refractivity contribution in [3.05, 3.63) is 48.2 Å². The molecule has 1 N–H and O–H groups in total. The van der Waals surface area contributed by atoms with Gasteiger partial charge in [-0.15, -0.1) is 13.2 Å². The first-order chi connectivity index (χ1) is 9.88. The minimum Gasteiger partial charge on any atom is -0.441 e. The number of nitrogens with one attached hydrogen (secondary N) is 1. The molecule has 0 saturated heterocycles. The molecule has 0 bridgehead atoms. The van der Waals surface area contributed by atoms with Gasteiger partial charge >= 0.3 is 12.4 Å². The number of alkyl halides is 3. The number of halogens is 3. The molecule has 1 amide bonds. The molecule has 0 aliphatic carbocycles. The second-order valence-corrected chi connectivity index (χ2v) is 4.18. The molecular formula is C13H12F3N3O2. The number of ether oxygens (including phenoxy) is 1. The molecule has 1 aromatic heterocycles. The molecular weight excluding hydrogens is 287 g/mol. The van der Waals surface area contributed by atoms with Gasteiger partial charge in [-0.2, -0.15) is 9.78 Å². The molecule has 0 radical (unpaired) electrons. The van der Waals surface area contributed by atoms with E-state index in [4.69, 9.17) is 4.74 Å². The van der Waals surface area contributed by atoms with E-state index in [2.05, 4.69) is 5.10 Å². The van der Waals surface area contributed by atoms with E-state index >= 15 is 0 Å². The molecule has 5 nitrogen and oxygen atoms in total. The fourth-order valence-electron chi connectivity index (χ4n) is 1.69. The molecule has 0 aliphatic rings. The minimum absolute atomic E-state index is 0.249. The Labute approximate surface area is 118 Å². The Kier molecular flexibility index (Phi) is 4.15. The highest BCUT2D eigenvalue weighted by Gasteiger charge is 2.34. The smallest absolute Gasteiger partial charge is 0.441 e. The van der Waals surface area contributed by atoms with E-state index in [1.807, 2.05) is 5.32 Å². The fourth-order valence-corrected chi connectivity index (χ4v) is 1.69. The third kappa shape index (κ3) is 3.74. The van der Waals surface area contributed by atoms with E-state index in [1.165, 1.54) is 0 Å². The van der Waals surface area contributed by atoms with E-state index in [9.17, 15) is 18.0 Å². The van der Waals surface area contributed by atoms with E-state index in [1.54, 1.807) is 37.3 Å². The molecule has 2 rings (SSSR count). The topological polar surface area (TPSA) is 56.1 Å². The highest BCUT2D eigenvalue weighted by atomic mass is 19.4. The van der Waals surface area contributed by atoms with Gasteiger partial charge in [0.05, 0.1) is 6.20 Å². The van der Waals surface area contributed by atoms with Crippen LogP contribution in [0.4, 0.5) is 23.8 Å². The van der Waals surface area contributed by atoms with Crippen LogP contribution >= 0.6 is 0 Å². The molecule has 21 heavy (non-hydrogen) atoms. The summed E-state index contributed by atoms with van der Waals surface area (Å²) in [4.78, 5) is 11.6. The van der Waals surface area contributed by atoms with Crippen LogP contribution < -0.4 is 5.32 Å². The molecule has 1 aromatic carbocycles. The predicted octanol–water partition coefficient (Wildman–Crippen LogP) is 3.67. The van der Waals surface area contributed by atoms with Crippen LogP contribution in [0, 0.1) is 0 Å². The zero-order chi connectivity index (χ0) is 15.5. The van der Waals surface area contributed by atoms with Gasteiger partial charge in [-0.05, 0) is 12.5 Å². The Morgan fingerprint density at radius 1 is 1.29 bits per heavy atom. The molecule has 2 aromatic rings. The summed E-state index contributed by atoms with van der Waals surface area (Å²) in [5.41, 5.74) is 0.733. The van der Waals surface area contributed by atoms with Gasteiger partial charge in [-0.1, -0.05) is 30.3 Å². The molecule has 0 spiro atoms. The third-order valence-electron chi connectivity index (χ3n) is 2.67. The summed E-state index contributed by atoms with van der Waals surface area (Å²) in [5, 5.41) is 5.12. The summed E-state index contributed by atoms with van der Waals surface area (Å²) in [7, 11) is 0. The van der Waals surface area contributed by atoms with Crippen LogP contribution in [-0.2, 0) is 11.0 Å². The summed E-state index contributed by atoms with van der Waals surface area (Å²) in [6.07, 6.45) is -5.35. The first kappa shape index (κ1) is 14.9. The van der Waals surface area contributed by atoms with Gasteiger partial charge in [0.1, 0.15) is 11.9 Å². The zero-order valence-corrected chi connectivity index (χ0v) is 11.0. The van der Waals surface area contributed by atoms with Gasteiger partial charge in [-0.25, -0.2) is 4.79 Å². The Hall–Kier alpha value is -2.51. The second-order valence-electron chi connectivity index (χ2n) is 4.18. The lowest BCUT2D eigenvalue weighted by molar-refractivity contribution is -0.210. The Morgan fingerprint density at radius 3 is 2.57 bits per heavy atom. The molecule has 1 heterocycles. The van der Waals surface area contributed by atoms with Crippen molar-refractivity contribution < 1.29 is 22.7 Å². The summed E-state index contributed by atoms with van der Waals surface area (Å²) < 4.78 is 42.5. The number of anilines is 1. The lowest BCUT2D eigenvalue weighted by Crippen LogP contribution is -2.24. The summed E-state index contributed by atoms with van der Waals surface area (Å²) in [6.45, 7) is 1.62. The van der Waals surface area contributed by atoms with Crippen molar-refractivity contribution in [2.45, 2.75) is 19.3 Å². The number of carbonyl (C=O) groups excluding carboxylic acids is 1. The van der Waals surface area contributed by atoms with E-state index in [0.29, 0.717) is 0 Å². The molecule has 0 unspecified atom stereocenters. The molecule has 8 heteroatoms. The van der Waals surface area contributed by atoms with Gasteiger partial charge in [0, 0.05) is 6.07 Å². The maximum Gasteiger partial charge on any atom is 0.506 e. The van der Waals surface area contributed by atoms with Crippen LogP contribution in [0.25, 0.3) is 0 Å². The molecule has 0 saturated carbocycles. The van der Waals surface area contributed by atoms with Crippen molar-refractivity contribution in [2.24, 2.45) is 0 Å². The summed E-state index contributed by atoms with van der Waals surface area (Å²) in [6, 6.07) is 9.87. The number of carbonyl (C=O) groups is 1. The van der Waals surface area contributed by atoms with Crippen LogP contribution in [0.2, 0.25) is 0 Å². The van der Waals surface area contributed by atoms with E-state index < -0.39 is 24.3 Å². The van der Waals surface area contributed by atoms with Gasteiger partial charge in [-0.3, -0.25) is 5.32 Å². The first-order valence-electron chi connectivity index (χ1n) is 6.02. The lowest BCUT2D eigenvalue weighted by Gasteiger charge is -2.15. The number of aromatic nitrogens is 2. The summed E-state index contributed by atoms with van der Waals surface area (Å²) >= 11 is 0. The fraction of sp³-hybridized carbons (Fsp3) is 0.231. The molecule has 0 aliphatic heterocycles. The van der Waals surface area contributed by atoms with Gasteiger partial charge in [0.15, 0.2) is 0 Å². The van der Waals surface area contributed by atoms with Gasteiger partial charge in [0.2, 0.25) is 0 Å². The first-order valence-corrected chi connectivity index (χ1v) is 6.02. The number of hydrogen-bond acceptors (Lipinski definition) is 3. The average Bonchev–Trinajstić information content (AvgIpc) is 2.87. The molecule has 1 atom stereocenters. The van der Waals surface area contributed by atoms with E-state index in [-0.39, 0.29) is 4.68 Å². The van der Waals surface area contributed by atoms with Crippen LogP contribution in [0.15, 0.2) is 42.6 Å². The molecule has 0 fully saturated rings. The Bertz CT molecular complexity index is 611. The van der Waals surface area contributed by atoms with Crippen molar-refractivity contribution in [2.75, 3.05) is 5.32 Å². The number of nitrogens with zero attached hydrogens (tertiary/aromatic N) is 2. The standard InChI is InChI=1S/C13H12F3N3O2/c1-9(10-5-3-2-4-6-10)21-12(20)18-11-7-8-17-19(11)13(14,15)16/h2-9H,1H3,(H,18,20)/t9-/m1/s1. The predicted molar refractivity (Wildman–Crippen MR) is 68.5 cm³/mol. The monoisotopic (exact) mass is 299 g/mol. The minimum atomic E-state index is -4.71. The quantitative estimate of drug-likeness (QED) is 0.940. The Morgan fingerprint density at radius 2 is 1.95 bits per heavy atom. The van der Waals surface area contributed by atoms with Gasteiger partial charge in [0.25, 0.3) is 0 Å². The largest absolute Gasteiger partial charge is 0.506 e. The number of hydrogen-bond donors (Lipinski definition) is 1. The highest BCUT2D eigenvalue weighted by molar-refractivity contribution is 5.83. The van der Waals surface area contributed by atoms with Crippen molar-refractivity contribution >= 4 is 11.9 Å². The maximum atomic E-state index is 12.6. The third-order valence-corrected chi connectivity index (χ3v) is 2.67. The van der Waals surface area contributed by atoms with Crippen molar-refractivity contribution in [3.63, 3.8) is 0 Å². The van der Waals surface area contributed by atoms with Crippen molar-refractivity contribution in [1.29, 1.82) is 0 Å². The Balaban J connectivity index is 2.01. The SMILES string of the molecule is C[C@@H](OC(=O)Nc1ccnn1C(F)(F)F)c1ccccc1. The van der Waals surface area contributed by atoms with Crippen molar-refractivity contribution in [1.82, 2.24) is 9.78 Å². The number of amides is 1. The lowest BCUT2D eigenvalue weighted by atomic mass is 10.1. The van der Waals surface area contributed by atoms with Crippen LogP contribution in [-0.4, -0.2) is 15.9 Å². The van der Waals surface area contributed by atoms with E-state index in [0.717, 1.165) is 17.8 Å². The normalized spacial score (nSPS) is 12.8. The molecule has 112 valence electrons. The maximum absolute atomic E-state index is 12.6. The highest BCUT2D eigenvalue weighted by Crippen LogP contribution is 2.26. The average molecular weight is 299 g/mol. The van der Waals surface area contributed by atoms with Crippen LogP contribution in [0.5, 0.6) is 0 Å². The number of benzene rings is 1. The number of rotatable bonds is 3. The van der Waals surface area contributed by atoms with Crippen molar-refractivity contribution in [3.8, 4) is 0 Å².